The molecule has 43 heavy (non-hydrogen) atoms. The quantitative estimate of drug-likeness (QED) is 0.145. The van der Waals surface area contributed by atoms with Gasteiger partial charge in [0.2, 0.25) is 0 Å². The molecule has 0 unspecified atom stereocenters. The van der Waals surface area contributed by atoms with Crippen molar-refractivity contribution >= 4 is 59.5 Å². The molecule has 2 aromatic carbocycles. The van der Waals surface area contributed by atoms with E-state index in [1.807, 2.05) is 30.9 Å². The van der Waals surface area contributed by atoms with Crippen LogP contribution in [0.15, 0.2) is 71.2 Å². The monoisotopic (exact) mass is 705 g/mol. The molecule has 222 valence electrons. The first kappa shape index (κ1) is 28.4. The number of anilines is 3. The molecule has 2 aliphatic rings. The van der Waals surface area contributed by atoms with Crippen LogP contribution in [0.3, 0.4) is 0 Å². The van der Waals surface area contributed by atoms with Crippen LogP contribution in [0.25, 0.3) is 32.6 Å². The molecule has 0 aliphatic carbocycles. The van der Waals surface area contributed by atoms with Crippen molar-refractivity contribution in [2.75, 3.05) is 45.3 Å². The molecule has 1 N–H and O–H groups in total. The summed E-state index contributed by atoms with van der Waals surface area (Å²) in [5.74, 6) is 0.487. The van der Waals surface area contributed by atoms with E-state index < -0.39 is 19.8 Å². The molecule has 5 heterocycles. The summed E-state index contributed by atoms with van der Waals surface area (Å²) in [5.41, 5.74) is 7.71. The Labute approximate surface area is 263 Å². The van der Waals surface area contributed by atoms with Gasteiger partial charge < -0.3 is 4.90 Å². The first-order valence-electron chi connectivity index (χ1n) is 14.9. The average molecular weight is 706 g/mol. The van der Waals surface area contributed by atoms with Gasteiger partial charge in [0.1, 0.15) is 0 Å². The first-order valence-corrected chi connectivity index (χ1v) is 19.9. The molecule has 2 aliphatic heterocycles. The number of pyridine rings is 1. The van der Waals surface area contributed by atoms with Gasteiger partial charge in [-0.2, -0.15) is 0 Å². The molecular weight excluding hydrogens is 669 g/mol. The molecule has 0 atom stereocenters. The predicted octanol–water partition coefficient (Wildman–Crippen LogP) is 6.57. The summed E-state index contributed by atoms with van der Waals surface area (Å²) in [5, 5.41) is 4.23. The predicted molar refractivity (Wildman–Crippen MR) is 187 cm³/mol. The molecule has 2 fully saturated rings. The number of rotatable bonds is 8. The number of thiazole rings is 1. The number of alkyl halides is 2. The fraction of sp³-hybridized carbons (Fsp3) is 0.333. The minimum atomic E-state index is -1.20. The standard InChI is InChI=1S/C33H36IN7OS/c1-4-41-31-24(17-28(32(41)42)27-10-5-23(30-20-35-21-43-30)18-29(27)34-11-12-34)19-36-33(38-31)37-25-6-8-26(9-7-25)40-15-13-39(14-16-40)22(2)3/h5-10,17-22H,4,11-16H2,1-3H3,(H,36,37,38). The normalized spacial score (nSPS) is 16.3. The second-order valence-corrected chi connectivity index (χ2v) is 18.1. The van der Waals surface area contributed by atoms with Crippen molar-refractivity contribution in [3.63, 3.8) is 0 Å². The number of halogens is 1. The molecule has 0 radical (unpaired) electrons. The Bertz CT molecular complexity index is 1810. The third-order valence-corrected chi connectivity index (χ3v) is 13.8. The third kappa shape index (κ3) is 5.80. The Kier molecular flexibility index (Phi) is 7.91. The zero-order chi connectivity index (χ0) is 29.5. The van der Waals surface area contributed by atoms with E-state index in [2.05, 4.69) is 81.4 Å². The Morgan fingerprint density at radius 2 is 1.77 bits per heavy atom. The zero-order valence-corrected chi connectivity index (χ0v) is 27.7. The molecule has 0 amide bonds. The van der Waals surface area contributed by atoms with E-state index in [9.17, 15) is 4.79 Å². The van der Waals surface area contributed by atoms with Crippen molar-refractivity contribution in [3.05, 3.63) is 80.4 Å². The van der Waals surface area contributed by atoms with E-state index in [1.165, 1.54) is 28.6 Å². The van der Waals surface area contributed by atoms with Crippen molar-refractivity contribution in [1.29, 1.82) is 0 Å². The summed E-state index contributed by atoms with van der Waals surface area (Å²) in [6.07, 6.45) is 3.76. The van der Waals surface area contributed by atoms with Gasteiger partial charge in [0, 0.05) is 37.9 Å². The van der Waals surface area contributed by atoms with Crippen LogP contribution in [0.1, 0.15) is 20.8 Å². The summed E-state index contributed by atoms with van der Waals surface area (Å²) in [6.45, 7) is 11.3. The fourth-order valence-electron chi connectivity index (χ4n) is 5.79. The topological polar surface area (TPSA) is 79.2 Å². The van der Waals surface area contributed by atoms with Crippen molar-refractivity contribution < 1.29 is 0 Å². The number of aromatic nitrogens is 4. The van der Waals surface area contributed by atoms with Crippen molar-refractivity contribution in [2.45, 2.75) is 33.4 Å². The Morgan fingerprint density at radius 3 is 2.44 bits per heavy atom. The number of benzene rings is 2. The summed E-state index contributed by atoms with van der Waals surface area (Å²) >= 11 is 0.455. The van der Waals surface area contributed by atoms with Gasteiger partial charge in [0.15, 0.2) is 0 Å². The van der Waals surface area contributed by atoms with Gasteiger partial charge in [-0.15, -0.1) is 0 Å². The molecule has 5 aromatic rings. The second-order valence-electron chi connectivity index (χ2n) is 11.3. The molecule has 7 rings (SSSR count). The Morgan fingerprint density at radius 1 is 0.977 bits per heavy atom. The Balaban J connectivity index is 1.16. The molecule has 10 heteroatoms. The average Bonchev–Trinajstić information content (AvgIpc) is 3.74. The van der Waals surface area contributed by atoms with Crippen LogP contribution in [-0.4, -0.2) is 65.5 Å². The van der Waals surface area contributed by atoms with Crippen molar-refractivity contribution in [1.82, 2.24) is 24.4 Å². The van der Waals surface area contributed by atoms with Crippen molar-refractivity contribution in [3.8, 4) is 21.6 Å². The maximum atomic E-state index is 13.9. The van der Waals surface area contributed by atoms with Gasteiger partial charge in [0.05, 0.1) is 0 Å². The summed E-state index contributed by atoms with van der Waals surface area (Å²) in [4.78, 5) is 33.8. The van der Waals surface area contributed by atoms with E-state index >= 15 is 0 Å². The number of nitrogens with zero attached hydrogens (tertiary/aromatic N) is 6. The minimum absolute atomic E-state index is 0.00563. The number of fused-ring (bicyclic) bond motifs is 1. The molecule has 2 saturated heterocycles. The summed E-state index contributed by atoms with van der Waals surface area (Å²) in [6, 6.07) is 17.6. The molecular formula is C33H36IN7OS. The fourth-order valence-corrected chi connectivity index (χ4v) is 11.2. The number of aryl methyl sites for hydroxylation is 1. The Hall–Kier alpha value is -3.35. The molecule has 0 bridgehead atoms. The van der Waals surface area contributed by atoms with Crippen LogP contribution in [0.5, 0.6) is 0 Å². The van der Waals surface area contributed by atoms with Crippen LogP contribution in [0, 0.1) is 3.57 Å². The van der Waals surface area contributed by atoms with Crippen LogP contribution >= 0.6 is 31.2 Å². The van der Waals surface area contributed by atoms with Crippen LogP contribution < -0.4 is 15.8 Å². The molecule has 3 aromatic heterocycles. The summed E-state index contributed by atoms with van der Waals surface area (Å²) < 4.78 is 5.81. The second kappa shape index (κ2) is 12.0. The van der Waals surface area contributed by atoms with Crippen molar-refractivity contribution in [2.24, 2.45) is 0 Å². The van der Waals surface area contributed by atoms with E-state index in [4.69, 9.17) is 4.98 Å². The van der Waals surface area contributed by atoms with Gasteiger partial charge in [-0.3, -0.25) is 4.90 Å². The van der Waals surface area contributed by atoms with E-state index in [1.54, 1.807) is 15.9 Å². The molecule has 0 saturated carbocycles. The van der Waals surface area contributed by atoms with Gasteiger partial charge >= 0.3 is 203 Å². The first-order chi connectivity index (χ1) is 21.0. The molecule has 0 spiro atoms. The van der Waals surface area contributed by atoms with Gasteiger partial charge in [-0.1, -0.05) is 0 Å². The zero-order valence-electron chi connectivity index (χ0n) is 24.8. The number of hydrogen-bond donors (Lipinski definition) is 1. The van der Waals surface area contributed by atoms with Crippen LogP contribution in [-0.2, 0) is 6.54 Å². The molecule has 8 nitrogen and oxygen atoms in total. The number of nitrogens with one attached hydrogen (secondary N) is 1. The van der Waals surface area contributed by atoms with Crippen LogP contribution in [0.4, 0.5) is 17.3 Å². The van der Waals surface area contributed by atoms with Crippen LogP contribution in [0.2, 0.25) is 0 Å². The van der Waals surface area contributed by atoms with E-state index in [0.29, 0.717) is 24.2 Å². The van der Waals surface area contributed by atoms with E-state index in [0.717, 1.165) is 48.4 Å². The van der Waals surface area contributed by atoms with Gasteiger partial charge in [0.25, 0.3) is 0 Å². The number of piperazine rings is 1. The SMILES string of the molecule is CCn1c(=O)c(-c2ccc(-c3cncs3)cc2I2CC2)cc2cnc(Nc3ccc(N4CCN(C(C)C)CC4)cc3)nc21. The summed E-state index contributed by atoms with van der Waals surface area (Å²) in [7, 11) is 0. The van der Waals surface area contributed by atoms with Gasteiger partial charge in [-0.05, 0) is 13.8 Å². The van der Waals surface area contributed by atoms with E-state index in [-0.39, 0.29) is 5.56 Å². The third-order valence-electron chi connectivity index (χ3n) is 8.32. The maximum absolute atomic E-state index is 13.9. The van der Waals surface area contributed by atoms with Gasteiger partial charge in [-0.25, -0.2) is 0 Å². The number of hydrogen-bond acceptors (Lipinski definition) is 8.